The van der Waals surface area contributed by atoms with Gasteiger partial charge in [-0.25, -0.2) is 0 Å². The van der Waals surface area contributed by atoms with Crippen LogP contribution in [0.5, 0.6) is 0 Å². The molecule has 150 valence electrons. The number of benzene rings is 2. The van der Waals surface area contributed by atoms with Gasteiger partial charge >= 0.3 is 0 Å². The van der Waals surface area contributed by atoms with E-state index in [9.17, 15) is 0 Å². The van der Waals surface area contributed by atoms with Crippen LogP contribution < -0.4 is 0 Å². The molecule has 2 aliphatic rings. The van der Waals surface area contributed by atoms with Crippen LogP contribution in [0.15, 0.2) is 48.5 Å². The summed E-state index contributed by atoms with van der Waals surface area (Å²) in [6.45, 7) is 8.61. The fraction of sp³-hybridized carbons (Fsp3) is 0.538. The highest BCUT2D eigenvalue weighted by atomic mass is 16.5. The average Bonchev–Trinajstić information content (AvgIpc) is 3.22. The molecule has 2 aromatic rings. The standard InChI is InChI=1S/C26H34O2/c1-18(2)26-23-13-7-5-11-21(23)17-25(26)28-15-9-8-14-27-24-16-20-10-4-6-12-22(20)19(24)3/h4-7,10-13,18-19,24-26H,8-9,14-17H2,1-3H3/t19-,24-,25-,26-/m0/s1. The lowest BCUT2D eigenvalue weighted by molar-refractivity contribution is 0.0159. The van der Waals surface area contributed by atoms with Gasteiger partial charge in [0.15, 0.2) is 0 Å². The molecule has 2 heteroatoms. The number of ether oxygens (including phenoxy) is 2. The Kier molecular flexibility index (Phi) is 6.18. The molecule has 0 N–H and O–H groups in total. The quantitative estimate of drug-likeness (QED) is 0.533. The van der Waals surface area contributed by atoms with E-state index in [1.165, 1.54) is 22.3 Å². The largest absolute Gasteiger partial charge is 0.377 e. The van der Waals surface area contributed by atoms with Gasteiger partial charge in [0.25, 0.3) is 0 Å². The first-order valence-corrected chi connectivity index (χ1v) is 11.0. The molecule has 2 nitrogen and oxygen atoms in total. The lowest BCUT2D eigenvalue weighted by atomic mass is 9.88. The summed E-state index contributed by atoms with van der Waals surface area (Å²) in [4.78, 5) is 0. The maximum absolute atomic E-state index is 6.35. The summed E-state index contributed by atoms with van der Waals surface area (Å²) in [5.41, 5.74) is 5.91. The van der Waals surface area contributed by atoms with Crippen molar-refractivity contribution in [3.8, 4) is 0 Å². The van der Waals surface area contributed by atoms with Gasteiger partial charge in [-0.3, -0.25) is 0 Å². The van der Waals surface area contributed by atoms with E-state index in [-0.39, 0.29) is 0 Å². The van der Waals surface area contributed by atoms with E-state index in [2.05, 4.69) is 69.3 Å². The SMILES string of the molecule is CC(C)[C@H]1c2ccccc2C[C@@H]1OCCCCO[C@H]1Cc2ccccc2[C@@H]1C. The molecule has 0 spiro atoms. The van der Waals surface area contributed by atoms with Crippen molar-refractivity contribution in [1.82, 2.24) is 0 Å². The molecule has 0 aliphatic heterocycles. The van der Waals surface area contributed by atoms with Gasteiger partial charge in [-0.2, -0.15) is 0 Å². The summed E-state index contributed by atoms with van der Waals surface area (Å²) in [5, 5.41) is 0. The lowest BCUT2D eigenvalue weighted by Crippen LogP contribution is -2.23. The second-order valence-electron chi connectivity index (χ2n) is 8.89. The minimum Gasteiger partial charge on any atom is -0.377 e. The molecule has 0 heterocycles. The van der Waals surface area contributed by atoms with Crippen molar-refractivity contribution in [2.45, 2.75) is 70.5 Å². The predicted molar refractivity (Wildman–Crippen MR) is 115 cm³/mol. The van der Waals surface area contributed by atoms with Crippen molar-refractivity contribution in [2.75, 3.05) is 13.2 Å². The molecule has 2 aliphatic carbocycles. The van der Waals surface area contributed by atoms with E-state index in [0.717, 1.165) is 38.9 Å². The summed E-state index contributed by atoms with van der Waals surface area (Å²) in [7, 11) is 0. The van der Waals surface area contributed by atoms with E-state index in [0.29, 0.717) is 30.0 Å². The Labute approximate surface area is 170 Å². The Hall–Kier alpha value is -1.64. The zero-order valence-electron chi connectivity index (χ0n) is 17.6. The smallest absolute Gasteiger partial charge is 0.0686 e. The van der Waals surface area contributed by atoms with Crippen LogP contribution >= 0.6 is 0 Å². The van der Waals surface area contributed by atoms with Crippen LogP contribution in [0.25, 0.3) is 0 Å². The molecule has 0 saturated carbocycles. The Bertz CT molecular complexity index is 782. The number of rotatable bonds is 8. The Morgan fingerprint density at radius 2 is 1.32 bits per heavy atom. The van der Waals surface area contributed by atoms with Crippen molar-refractivity contribution in [2.24, 2.45) is 5.92 Å². The van der Waals surface area contributed by atoms with Gasteiger partial charge in [-0.15, -0.1) is 0 Å². The third-order valence-corrected chi connectivity index (χ3v) is 6.68. The highest BCUT2D eigenvalue weighted by Crippen LogP contribution is 2.40. The molecule has 28 heavy (non-hydrogen) atoms. The number of hydrogen-bond acceptors (Lipinski definition) is 2. The fourth-order valence-corrected chi connectivity index (χ4v) is 5.18. The molecule has 0 bridgehead atoms. The molecule has 0 fully saturated rings. The molecule has 0 unspecified atom stereocenters. The van der Waals surface area contributed by atoms with Crippen LogP contribution in [-0.2, 0) is 22.3 Å². The van der Waals surface area contributed by atoms with Crippen molar-refractivity contribution in [1.29, 1.82) is 0 Å². The second kappa shape index (κ2) is 8.80. The topological polar surface area (TPSA) is 18.5 Å². The molecule has 0 amide bonds. The van der Waals surface area contributed by atoms with E-state index in [4.69, 9.17) is 9.47 Å². The summed E-state index contributed by atoms with van der Waals surface area (Å²) in [6.07, 6.45) is 4.95. The van der Waals surface area contributed by atoms with Crippen molar-refractivity contribution in [3.63, 3.8) is 0 Å². The summed E-state index contributed by atoms with van der Waals surface area (Å²) < 4.78 is 12.6. The Morgan fingerprint density at radius 1 is 0.786 bits per heavy atom. The van der Waals surface area contributed by atoms with Gasteiger partial charge in [0, 0.05) is 25.0 Å². The predicted octanol–water partition coefficient (Wildman–Crippen LogP) is 5.89. The van der Waals surface area contributed by atoms with E-state index >= 15 is 0 Å². The van der Waals surface area contributed by atoms with Gasteiger partial charge in [0.05, 0.1) is 12.2 Å². The van der Waals surface area contributed by atoms with E-state index in [1.54, 1.807) is 0 Å². The van der Waals surface area contributed by atoms with Crippen LogP contribution in [0.1, 0.15) is 67.7 Å². The van der Waals surface area contributed by atoms with Crippen molar-refractivity contribution in [3.05, 3.63) is 70.8 Å². The molecular formula is C26H34O2. The minimum absolute atomic E-state index is 0.336. The van der Waals surface area contributed by atoms with Crippen LogP contribution in [-0.4, -0.2) is 25.4 Å². The van der Waals surface area contributed by atoms with Crippen LogP contribution in [0.2, 0.25) is 0 Å². The zero-order chi connectivity index (χ0) is 19.5. The van der Waals surface area contributed by atoms with Crippen LogP contribution in [0.3, 0.4) is 0 Å². The third kappa shape index (κ3) is 4.04. The first-order valence-electron chi connectivity index (χ1n) is 11.0. The Morgan fingerprint density at radius 3 is 1.96 bits per heavy atom. The maximum atomic E-state index is 6.35. The van der Waals surface area contributed by atoms with Gasteiger partial charge in [0.1, 0.15) is 0 Å². The third-order valence-electron chi connectivity index (χ3n) is 6.68. The first-order chi connectivity index (χ1) is 13.6. The molecule has 0 saturated heterocycles. The van der Waals surface area contributed by atoms with Gasteiger partial charge in [0.2, 0.25) is 0 Å². The van der Waals surface area contributed by atoms with Crippen LogP contribution in [0, 0.1) is 5.92 Å². The highest BCUT2D eigenvalue weighted by Gasteiger charge is 2.34. The molecule has 2 aromatic carbocycles. The minimum atomic E-state index is 0.336. The zero-order valence-corrected chi connectivity index (χ0v) is 17.6. The van der Waals surface area contributed by atoms with Gasteiger partial charge in [-0.1, -0.05) is 69.3 Å². The first kappa shape index (κ1) is 19.7. The maximum Gasteiger partial charge on any atom is 0.0686 e. The lowest BCUT2D eigenvalue weighted by Gasteiger charge is -2.24. The fourth-order valence-electron chi connectivity index (χ4n) is 5.18. The molecule has 0 radical (unpaired) electrons. The number of hydrogen-bond donors (Lipinski definition) is 0. The monoisotopic (exact) mass is 378 g/mol. The summed E-state index contributed by atoms with van der Waals surface area (Å²) in [6, 6.07) is 17.6. The molecule has 4 rings (SSSR count). The average molecular weight is 379 g/mol. The van der Waals surface area contributed by atoms with Gasteiger partial charge in [-0.05, 0) is 53.9 Å². The normalized spacial score (nSPS) is 25.9. The van der Waals surface area contributed by atoms with Crippen LogP contribution in [0.4, 0.5) is 0 Å². The molecular weight excluding hydrogens is 344 g/mol. The van der Waals surface area contributed by atoms with Crippen molar-refractivity contribution >= 4 is 0 Å². The van der Waals surface area contributed by atoms with Crippen molar-refractivity contribution < 1.29 is 9.47 Å². The molecule has 0 aromatic heterocycles. The number of unbranched alkanes of at least 4 members (excludes halogenated alkanes) is 1. The Balaban J connectivity index is 1.18. The summed E-state index contributed by atoms with van der Waals surface area (Å²) in [5.74, 6) is 1.66. The number of fused-ring (bicyclic) bond motifs is 2. The highest BCUT2D eigenvalue weighted by molar-refractivity contribution is 5.38. The van der Waals surface area contributed by atoms with E-state index in [1.807, 2.05) is 0 Å². The van der Waals surface area contributed by atoms with Gasteiger partial charge < -0.3 is 9.47 Å². The van der Waals surface area contributed by atoms with E-state index < -0.39 is 0 Å². The summed E-state index contributed by atoms with van der Waals surface area (Å²) >= 11 is 0. The second-order valence-corrected chi connectivity index (χ2v) is 8.89. The molecule has 4 atom stereocenters.